The fourth-order valence-corrected chi connectivity index (χ4v) is 2.40. The molecule has 0 saturated heterocycles. The van der Waals surface area contributed by atoms with Gasteiger partial charge in [0.2, 0.25) is 0 Å². The maximum Gasteiger partial charge on any atom is 0.456 e. The van der Waals surface area contributed by atoms with E-state index < -0.39 is 12.9 Å². The highest BCUT2D eigenvalue weighted by Gasteiger charge is 2.25. The third kappa shape index (κ3) is 9.25. The minimum atomic E-state index is -1.44. The van der Waals surface area contributed by atoms with Crippen LogP contribution >= 0.6 is 0 Å². The Balaban J connectivity index is 0.00000529. The number of amides is 1. The van der Waals surface area contributed by atoms with Crippen molar-refractivity contribution in [3.8, 4) is 0 Å². The van der Waals surface area contributed by atoms with Crippen molar-refractivity contribution < 1.29 is 33.0 Å². The van der Waals surface area contributed by atoms with Crippen molar-refractivity contribution >= 4 is 13.0 Å². The molecule has 0 bridgehead atoms. The first kappa shape index (κ1) is 22.9. The van der Waals surface area contributed by atoms with Crippen LogP contribution in [0, 0.1) is 0 Å². The van der Waals surface area contributed by atoms with E-state index in [4.69, 9.17) is 5.73 Å². The Morgan fingerprint density at radius 1 is 1.21 bits per heavy atom. The minimum absolute atomic E-state index is 0. The van der Waals surface area contributed by atoms with E-state index in [-0.39, 0.29) is 30.9 Å². The number of nitrogens with one attached hydrogen (secondary N) is 1. The molecule has 0 aliphatic rings. The van der Waals surface area contributed by atoms with Gasteiger partial charge in [-0.2, -0.15) is 0 Å². The van der Waals surface area contributed by atoms with E-state index >= 15 is 0 Å². The van der Waals surface area contributed by atoms with Crippen LogP contribution in [-0.2, 0) is 11.2 Å². The number of unbranched alkanes of at least 4 members (excludes halogenated alkanes) is 1. The highest BCUT2D eigenvalue weighted by Crippen LogP contribution is 2.16. The van der Waals surface area contributed by atoms with E-state index in [2.05, 4.69) is 11.1 Å². The van der Waals surface area contributed by atoms with Crippen LogP contribution < -0.4 is 29.2 Å². The molecule has 1 rings (SSSR count). The molecule has 0 aromatic heterocycles. The molecule has 0 radical (unpaired) electrons. The largest absolute Gasteiger partial charge is 1.00 e. The van der Waals surface area contributed by atoms with Gasteiger partial charge in [0, 0.05) is 18.8 Å². The number of carbonyl (C=O) groups excluding carboxylic acids is 1. The summed E-state index contributed by atoms with van der Waals surface area (Å²) < 4.78 is 0. The zero-order valence-electron chi connectivity index (χ0n) is 14.0. The molecule has 8 N–H and O–H groups in total. The number of aryl methyl sites for hydroxylation is 1. The van der Waals surface area contributed by atoms with Crippen molar-refractivity contribution in [2.24, 2.45) is 5.73 Å². The molecular formula is C16H29BClN3O3. The Kier molecular flexibility index (Phi) is 12.6. The van der Waals surface area contributed by atoms with Gasteiger partial charge in [-0.05, 0) is 37.8 Å². The van der Waals surface area contributed by atoms with Gasteiger partial charge in [0.15, 0.2) is 6.04 Å². The zero-order valence-corrected chi connectivity index (χ0v) is 14.8. The standard InChI is InChI=1S/C16H28BN3O3.ClH/c18-11-5-4-8-15(19)16(21)20-12-14(17(22)23)10-9-13-6-2-1-3-7-13;/h1-3,6-7,14-15,22-23H,4-5,8-12,18-19H2,(H,20,21);1H/t14?,15-;/m0./s1. The molecule has 0 heterocycles. The fourth-order valence-electron chi connectivity index (χ4n) is 2.40. The molecule has 1 amide bonds. The maximum absolute atomic E-state index is 12.0. The van der Waals surface area contributed by atoms with Crippen molar-refractivity contribution in [3.05, 3.63) is 35.9 Å². The van der Waals surface area contributed by atoms with Crippen molar-refractivity contribution in [2.45, 2.75) is 44.0 Å². The van der Waals surface area contributed by atoms with Crippen LogP contribution in [0.3, 0.4) is 0 Å². The summed E-state index contributed by atoms with van der Waals surface area (Å²) in [6, 6.07) is 9.53. The summed E-state index contributed by atoms with van der Waals surface area (Å²) in [4.78, 5) is 12.0. The van der Waals surface area contributed by atoms with E-state index in [1.54, 1.807) is 0 Å². The number of benzene rings is 1. The van der Waals surface area contributed by atoms with Crippen LogP contribution in [-0.4, -0.2) is 42.2 Å². The van der Waals surface area contributed by atoms with Gasteiger partial charge in [0.1, 0.15) is 0 Å². The van der Waals surface area contributed by atoms with Crippen molar-refractivity contribution in [2.75, 3.05) is 13.1 Å². The molecule has 1 aromatic rings. The smallest absolute Gasteiger partial charge is 0.456 e. The van der Waals surface area contributed by atoms with Crippen molar-refractivity contribution in [3.63, 3.8) is 0 Å². The maximum atomic E-state index is 12.0. The molecule has 6 nitrogen and oxygen atoms in total. The van der Waals surface area contributed by atoms with Crippen molar-refractivity contribution in [1.82, 2.24) is 5.32 Å². The second-order valence-electron chi connectivity index (χ2n) is 5.92. The summed E-state index contributed by atoms with van der Waals surface area (Å²) >= 11 is 0. The molecule has 24 heavy (non-hydrogen) atoms. The van der Waals surface area contributed by atoms with E-state index in [9.17, 15) is 14.8 Å². The lowest BCUT2D eigenvalue weighted by molar-refractivity contribution is -0.405. The molecule has 0 aliphatic carbocycles. The van der Waals surface area contributed by atoms with Crippen LogP contribution in [0.1, 0.15) is 31.2 Å². The number of hydrogen-bond acceptors (Lipinski definition) is 4. The van der Waals surface area contributed by atoms with Crippen LogP contribution in [0.5, 0.6) is 0 Å². The Labute approximate surface area is 150 Å². The van der Waals surface area contributed by atoms with Gasteiger partial charge < -0.3 is 39.2 Å². The lowest BCUT2D eigenvalue weighted by Crippen LogP contribution is -3.00. The lowest BCUT2D eigenvalue weighted by atomic mass is 9.70. The molecule has 2 atom stereocenters. The fraction of sp³-hybridized carbons (Fsp3) is 0.562. The quantitative estimate of drug-likeness (QED) is 0.207. The monoisotopic (exact) mass is 357 g/mol. The average molecular weight is 358 g/mol. The van der Waals surface area contributed by atoms with Crippen LogP contribution in [0.4, 0.5) is 0 Å². The molecule has 1 aromatic carbocycles. The molecule has 0 saturated carbocycles. The second kappa shape index (κ2) is 13.2. The van der Waals surface area contributed by atoms with Crippen LogP contribution in [0.2, 0.25) is 5.82 Å². The number of hydrogen-bond donors (Lipinski definition) is 5. The first-order valence-electron chi connectivity index (χ1n) is 8.25. The lowest BCUT2D eigenvalue weighted by Gasteiger charge is -2.17. The normalized spacial score (nSPS) is 12.8. The highest BCUT2D eigenvalue weighted by molar-refractivity contribution is 6.43. The van der Waals surface area contributed by atoms with Gasteiger partial charge in [-0.3, -0.25) is 4.79 Å². The van der Waals surface area contributed by atoms with Gasteiger partial charge in [0.05, 0.1) is 0 Å². The number of halogens is 1. The molecule has 1 unspecified atom stereocenters. The van der Waals surface area contributed by atoms with Gasteiger partial charge in [-0.15, -0.1) is 0 Å². The summed E-state index contributed by atoms with van der Waals surface area (Å²) in [5.41, 5.74) is 10.4. The summed E-state index contributed by atoms with van der Waals surface area (Å²) in [5, 5.41) is 21.8. The van der Waals surface area contributed by atoms with Gasteiger partial charge in [0.25, 0.3) is 5.91 Å². The Hall–Kier alpha value is -1.12. The van der Waals surface area contributed by atoms with E-state index in [1.165, 1.54) is 0 Å². The van der Waals surface area contributed by atoms with Gasteiger partial charge in [-0.25, -0.2) is 0 Å². The number of carbonyl (C=O) groups is 1. The third-order valence-electron chi connectivity index (χ3n) is 3.98. The van der Waals surface area contributed by atoms with Crippen molar-refractivity contribution in [1.29, 1.82) is 0 Å². The summed E-state index contributed by atoms with van der Waals surface area (Å²) in [6.45, 7) is 0.860. The molecule has 0 fully saturated rings. The molecular weight excluding hydrogens is 328 g/mol. The first-order chi connectivity index (χ1) is 11.0. The molecule has 8 heteroatoms. The van der Waals surface area contributed by atoms with Crippen LogP contribution in [0.15, 0.2) is 30.3 Å². The zero-order chi connectivity index (χ0) is 17.1. The predicted molar refractivity (Wildman–Crippen MR) is 91.3 cm³/mol. The van der Waals surface area contributed by atoms with Gasteiger partial charge in [-0.1, -0.05) is 30.3 Å². The summed E-state index contributed by atoms with van der Waals surface area (Å²) in [7, 11) is -1.44. The predicted octanol–water partition coefficient (Wildman–Crippen LogP) is -3.68. The first-order valence-corrected chi connectivity index (χ1v) is 8.25. The van der Waals surface area contributed by atoms with E-state index in [0.29, 0.717) is 19.4 Å². The van der Waals surface area contributed by atoms with Crippen LogP contribution in [0.25, 0.3) is 0 Å². The van der Waals surface area contributed by atoms with Gasteiger partial charge >= 0.3 is 7.12 Å². The highest BCUT2D eigenvalue weighted by atomic mass is 35.5. The topological polar surface area (TPSA) is 123 Å². The number of nitrogens with two attached hydrogens (primary N) is 1. The molecule has 0 spiro atoms. The Morgan fingerprint density at radius 3 is 2.46 bits per heavy atom. The summed E-state index contributed by atoms with van der Waals surface area (Å²) in [6.07, 6.45) is 3.78. The number of rotatable bonds is 11. The van der Waals surface area contributed by atoms with E-state index in [0.717, 1.165) is 24.8 Å². The average Bonchev–Trinajstić information content (AvgIpc) is 2.55. The number of quaternary nitrogens is 1. The second-order valence-corrected chi connectivity index (χ2v) is 5.92. The van der Waals surface area contributed by atoms with E-state index in [1.807, 2.05) is 30.3 Å². The third-order valence-corrected chi connectivity index (χ3v) is 3.98. The summed E-state index contributed by atoms with van der Waals surface area (Å²) in [5.74, 6) is -0.539. The molecule has 136 valence electrons. The Bertz CT molecular complexity index is 451. The molecule has 0 aliphatic heterocycles. The minimum Gasteiger partial charge on any atom is -1.00 e. The SMILES string of the molecule is NCCCC[C@H]([NH3+])C(=O)NCC(CCc1ccccc1)B(O)O.[Cl-]. The Morgan fingerprint density at radius 2 is 1.88 bits per heavy atom.